The van der Waals surface area contributed by atoms with Gasteiger partial charge in [0.2, 0.25) is 0 Å². The van der Waals surface area contributed by atoms with Crippen molar-refractivity contribution in [2.24, 2.45) is 0 Å². The van der Waals surface area contributed by atoms with E-state index in [0.29, 0.717) is 23.4 Å². The molecule has 1 amide bonds. The van der Waals surface area contributed by atoms with E-state index in [2.05, 4.69) is 10.1 Å². The molecule has 2 atom stereocenters. The van der Waals surface area contributed by atoms with Crippen LogP contribution in [0.4, 0.5) is 13.2 Å². The van der Waals surface area contributed by atoms with E-state index in [1.54, 1.807) is 18.2 Å². The van der Waals surface area contributed by atoms with Crippen LogP contribution in [0.1, 0.15) is 15.9 Å². The summed E-state index contributed by atoms with van der Waals surface area (Å²) in [6, 6.07) is 4.37. The molecule has 1 fully saturated rings. The van der Waals surface area contributed by atoms with Crippen LogP contribution in [0.15, 0.2) is 18.2 Å². The lowest BCUT2D eigenvalue weighted by atomic mass is 9.90. The van der Waals surface area contributed by atoms with Gasteiger partial charge in [-0.1, -0.05) is 12.1 Å². The zero-order chi connectivity index (χ0) is 17.5. The lowest BCUT2D eigenvalue weighted by Gasteiger charge is -2.44. The van der Waals surface area contributed by atoms with Crippen molar-refractivity contribution >= 4 is 11.9 Å². The van der Waals surface area contributed by atoms with E-state index in [1.807, 2.05) is 0 Å². The van der Waals surface area contributed by atoms with E-state index < -0.39 is 24.4 Å². The molecule has 1 aromatic rings. The molecule has 0 saturated carbocycles. The summed E-state index contributed by atoms with van der Waals surface area (Å²) in [6.45, 7) is 0.531. The van der Waals surface area contributed by atoms with Crippen molar-refractivity contribution < 1.29 is 32.2 Å². The number of hydrogen-bond acceptors (Lipinski definition) is 5. The van der Waals surface area contributed by atoms with Crippen LogP contribution < -0.4 is 10.1 Å². The SMILES string of the molecule is COc1cccc2c1C(=O)N1CCNC(OC(=O)C(F)(F)F)[C@H]1C2. The number of carbonyl (C=O) groups excluding carboxylic acids is 2. The Labute approximate surface area is 135 Å². The monoisotopic (exact) mass is 344 g/mol. The summed E-state index contributed by atoms with van der Waals surface area (Å²) < 4.78 is 47.1. The van der Waals surface area contributed by atoms with Crippen LogP contribution in [-0.4, -0.2) is 55.4 Å². The summed E-state index contributed by atoms with van der Waals surface area (Å²) in [5.41, 5.74) is 1.05. The number of rotatable bonds is 2. The number of alkyl halides is 3. The molecule has 130 valence electrons. The summed E-state index contributed by atoms with van der Waals surface area (Å²) in [7, 11) is 1.45. The van der Waals surface area contributed by atoms with Gasteiger partial charge in [0, 0.05) is 13.1 Å². The van der Waals surface area contributed by atoms with Gasteiger partial charge in [0.1, 0.15) is 5.75 Å². The van der Waals surface area contributed by atoms with Gasteiger partial charge in [0.15, 0.2) is 6.23 Å². The Balaban J connectivity index is 1.90. The number of hydrogen-bond donors (Lipinski definition) is 1. The summed E-state index contributed by atoms with van der Waals surface area (Å²) in [6.07, 6.45) is -6.03. The van der Waals surface area contributed by atoms with E-state index >= 15 is 0 Å². The second kappa shape index (κ2) is 5.97. The van der Waals surface area contributed by atoms with Crippen LogP contribution >= 0.6 is 0 Å². The Bertz CT molecular complexity index is 677. The summed E-state index contributed by atoms with van der Waals surface area (Å²) in [4.78, 5) is 25.3. The summed E-state index contributed by atoms with van der Waals surface area (Å²) in [5, 5.41) is 2.73. The van der Waals surface area contributed by atoms with Crippen molar-refractivity contribution in [2.45, 2.75) is 24.9 Å². The molecular formula is C15H15F3N2O4. The minimum atomic E-state index is -5.08. The Morgan fingerprint density at radius 1 is 1.38 bits per heavy atom. The highest BCUT2D eigenvalue weighted by Crippen LogP contribution is 2.33. The molecule has 2 aliphatic heterocycles. The molecule has 9 heteroatoms. The van der Waals surface area contributed by atoms with Crippen molar-refractivity contribution in [1.29, 1.82) is 0 Å². The number of nitrogens with one attached hydrogen (secondary N) is 1. The largest absolute Gasteiger partial charge is 0.496 e. The summed E-state index contributed by atoms with van der Waals surface area (Å²) in [5.74, 6) is -2.20. The third kappa shape index (κ3) is 2.79. The predicted octanol–water partition coefficient (Wildman–Crippen LogP) is 1.10. The molecular weight excluding hydrogens is 329 g/mol. The smallest absolute Gasteiger partial charge is 0.490 e. The number of esters is 1. The minimum Gasteiger partial charge on any atom is -0.496 e. The van der Waals surface area contributed by atoms with Crippen molar-refractivity contribution in [3.8, 4) is 5.75 Å². The maximum Gasteiger partial charge on any atom is 0.490 e. The molecule has 6 nitrogen and oxygen atoms in total. The average molecular weight is 344 g/mol. The van der Waals surface area contributed by atoms with Gasteiger partial charge in [0.25, 0.3) is 5.91 Å². The first kappa shape index (κ1) is 16.6. The van der Waals surface area contributed by atoms with E-state index in [1.165, 1.54) is 12.0 Å². The Kier molecular flexibility index (Phi) is 4.12. The molecule has 0 aromatic heterocycles. The van der Waals surface area contributed by atoms with Crippen LogP contribution in [0.5, 0.6) is 5.75 Å². The van der Waals surface area contributed by atoms with E-state index in [0.717, 1.165) is 0 Å². The zero-order valence-electron chi connectivity index (χ0n) is 12.7. The molecule has 2 aliphatic rings. The van der Waals surface area contributed by atoms with Gasteiger partial charge in [-0.3, -0.25) is 10.1 Å². The quantitative estimate of drug-likeness (QED) is 0.814. The Morgan fingerprint density at radius 3 is 2.79 bits per heavy atom. The molecule has 1 aromatic carbocycles. The first-order valence-electron chi connectivity index (χ1n) is 7.31. The molecule has 0 radical (unpaired) electrons. The molecule has 24 heavy (non-hydrogen) atoms. The highest BCUT2D eigenvalue weighted by atomic mass is 19.4. The zero-order valence-corrected chi connectivity index (χ0v) is 12.7. The van der Waals surface area contributed by atoms with Crippen molar-refractivity contribution in [2.75, 3.05) is 20.2 Å². The van der Waals surface area contributed by atoms with Gasteiger partial charge >= 0.3 is 12.1 Å². The number of carbonyl (C=O) groups is 2. The van der Waals surface area contributed by atoms with Crippen molar-refractivity contribution in [3.05, 3.63) is 29.3 Å². The molecule has 2 heterocycles. The van der Waals surface area contributed by atoms with Gasteiger partial charge in [0.05, 0.1) is 18.7 Å². The van der Waals surface area contributed by atoms with Gasteiger partial charge < -0.3 is 14.4 Å². The summed E-state index contributed by atoms with van der Waals surface area (Å²) >= 11 is 0. The number of fused-ring (bicyclic) bond motifs is 2. The lowest BCUT2D eigenvalue weighted by Crippen LogP contribution is -2.63. The fourth-order valence-corrected chi connectivity index (χ4v) is 3.09. The van der Waals surface area contributed by atoms with Crippen molar-refractivity contribution in [3.63, 3.8) is 0 Å². The first-order valence-corrected chi connectivity index (χ1v) is 7.31. The highest BCUT2D eigenvalue weighted by Gasteiger charge is 2.47. The van der Waals surface area contributed by atoms with Crippen LogP contribution in [0.3, 0.4) is 0 Å². The fraction of sp³-hybridized carbons (Fsp3) is 0.467. The maximum atomic E-state index is 12.7. The lowest BCUT2D eigenvalue weighted by molar-refractivity contribution is -0.210. The van der Waals surface area contributed by atoms with Gasteiger partial charge in [-0.2, -0.15) is 13.2 Å². The van der Waals surface area contributed by atoms with Crippen LogP contribution in [0.2, 0.25) is 0 Å². The molecule has 0 aliphatic carbocycles. The van der Waals surface area contributed by atoms with E-state index in [9.17, 15) is 22.8 Å². The Morgan fingerprint density at radius 2 is 2.12 bits per heavy atom. The number of ether oxygens (including phenoxy) is 2. The number of nitrogens with zero attached hydrogens (tertiary/aromatic N) is 1. The topological polar surface area (TPSA) is 67.9 Å². The average Bonchev–Trinajstić information content (AvgIpc) is 2.54. The second-order valence-electron chi connectivity index (χ2n) is 5.54. The van der Waals surface area contributed by atoms with Crippen LogP contribution in [0, 0.1) is 0 Å². The molecule has 1 N–H and O–H groups in total. The van der Waals surface area contributed by atoms with E-state index in [-0.39, 0.29) is 18.9 Å². The Hall–Kier alpha value is -2.29. The molecule has 0 spiro atoms. The van der Waals surface area contributed by atoms with Gasteiger partial charge in [-0.15, -0.1) is 0 Å². The normalized spacial score (nSPS) is 23.3. The first-order chi connectivity index (χ1) is 11.3. The molecule has 1 saturated heterocycles. The maximum absolute atomic E-state index is 12.7. The number of benzene rings is 1. The number of amides is 1. The molecule has 1 unspecified atom stereocenters. The molecule has 3 rings (SSSR count). The second-order valence-corrected chi connectivity index (χ2v) is 5.54. The fourth-order valence-electron chi connectivity index (χ4n) is 3.09. The molecule has 0 bridgehead atoms. The number of methoxy groups -OCH3 is 1. The van der Waals surface area contributed by atoms with Crippen LogP contribution in [-0.2, 0) is 16.0 Å². The standard InChI is InChI=1S/C15H15F3N2O4/c1-23-10-4-2-3-8-7-9-12(24-14(22)15(16,17)18)19-5-6-20(9)13(21)11(8)10/h2-4,9,12,19H,5-7H2,1H3/t9-,12?/m1/s1. The third-order valence-corrected chi connectivity index (χ3v) is 4.15. The number of halogens is 3. The third-order valence-electron chi connectivity index (χ3n) is 4.15. The van der Waals surface area contributed by atoms with E-state index in [4.69, 9.17) is 4.74 Å². The minimum absolute atomic E-state index is 0.225. The van der Waals surface area contributed by atoms with Gasteiger partial charge in [-0.25, -0.2) is 4.79 Å². The predicted molar refractivity (Wildman–Crippen MR) is 75.5 cm³/mol. The van der Waals surface area contributed by atoms with Gasteiger partial charge in [-0.05, 0) is 18.1 Å². The number of piperazine rings is 1. The van der Waals surface area contributed by atoms with Crippen LogP contribution in [0.25, 0.3) is 0 Å². The van der Waals surface area contributed by atoms with Crippen molar-refractivity contribution in [1.82, 2.24) is 10.2 Å². The highest BCUT2D eigenvalue weighted by molar-refractivity contribution is 6.00.